The van der Waals surface area contributed by atoms with Crippen molar-refractivity contribution in [2.45, 2.75) is 37.8 Å². The van der Waals surface area contributed by atoms with Crippen molar-refractivity contribution in [3.8, 4) is 22.8 Å². The molecule has 10 heteroatoms. The minimum atomic E-state index is 0.0622. The summed E-state index contributed by atoms with van der Waals surface area (Å²) in [6.45, 7) is 0. The molecule has 1 fully saturated rings. The van der Waals surface area contributed by atoms with Gasteiger partial charge in [-0.2, -0.15) is 5.10 Å². The molecule has 0 saturated heterocycles. The van der Waals surface area contributed by atoms with E-state index in [9.17, 15) is 5.11 Å². The van der Waals surface area contributed by atoms with Crippen molar-refractivity contribution in [2.24, 2.45) is 16.5 Å². The van der Waals surface area contributed by atoms with Crippen LogP contribution in [0.2, 0.25) is 5.02 Å². The number of methoxy groups -OCH3 is 1. The van der Waals surface area contributed by atoms with Gasteiger partial charge >= 0.3 is 0 Å². The summed E-state index contributed by atoms with van der Waals surface area (Å²) in [5.74, 6) is 0.881. The highest BCUT2D eigenvalue weighted by Gasteiger charge is 2.22. The van der Waals surface area contributed by atoms with E-state index in [1.807, 2.05) is 22.8 Å². The Morgan fingerprint density at radius 1 is 1.14 bits per heavy atom. The molecule has 1 aliphatic carbocycles. The average Bonchev–Trinajstić information content (AvgIpc) is 3.32. The number of nitrogens with zero attached hydrogens (tertiary/aromatic N) is 4. The lowest BCUT2D eigenvalue weighted by molar-refractivity contribution is 0.398. The fourth-order valence-electron chi connectivity index (χ4n) is 4.48. The second-order valence-corrected chi connectivity index (χ2v) is 9.38. The maximum absolute atomic E-state index is 9.67. The van der Waals surface area contributed by atoms with E-state index < -0.39 is 0 Å². The number of aromatic hydroxyl groups is 1. The lowest BCUT2D eigenvalue weighted by Crippen LogP contribution is -2.33. The summed E-state index contributed by atoms with van der Waals surface area (Å²) in [6.07, 6.45) is 9.28. The lowest BCUT2D eigenvalue weighted by atomic mass is 9.91. The summed E-state index contributed by atoms with van der Waals surface area (Å²) in [4.78, 5) is 8.87. The highest BCUT2D eigenvalue weighted by molar-refractivity contribution is 6.33. The van der Waals surface area contributed by atoms with Crippen molar-refractivity contribution in [1.29, 1.82) is 0 Å². The monoisotopic (exact) mass is 505 g/mol. The maximum Gasteiger partial charge on any atom is 0.212 e. The van der Waals surface area contributed by atoms with Crippen LogP contribution >= 0.6 is 11.6 Å². The van der Waals surface area contributed by atoms with E-state index in [1.165, 1.54) is 12.1 Å². The molecule has 6 N–H and O–H groups in total. The van der Waals surface area contributed by atoms with Crippen LogP contribution < -0.4 is 21.5 Å². The Bertz CT molecular complexity index is 1410. The number of nitrogens with two attached hydrogens (primary N) is 2. The van der Waals surface area contributed by atoms with Crippen LogP contribution in [0.3, 0.4) is 0 Å². The number of amidine groups is 1. The van der Waals surface area contributed by atoms with E-state index in [-0.39, 0.29) is 23.7 Å². The van der Waals surface area contributed by atoms with Crippen molar-refractivity contribution in [3.63, 3.8) is 0 Å². The molecule has 1 saturated carbocycles. The van der Waals surface area contributed by atoms with E-state index in [2.05, 4.69) is 26.5 Å². The normalized spacial score (nSPS) is 18.4. The summed E-state index contributed by atoms with van der Waals surface area (Å²) < 4.78 is 7.00. The standard InChI is InChI=1S/C26H28ClN7O2/c1-36-24-9-2-15(12-30-24)16-10-23-25(32-18-5-3-17(28)4-6-18)20(13-31-34(23)14-16)26(29)33-22-8-7-19(35)11-21(22)27/h2,7-14,17-18,32,35H,3-6,28H2,1H3,(H2,29,33). The van der Waals surface area contributed by atoms with E-state index >= 15 is 0 Å². The third kappa shape index (κ3) is 4.93. The number of anilines is 1. The van der Waals surface area contributed by atoms with E-state index in [0.717, 1.165) is 48.0 Å². The van der Waals surface area contributed by atoms with Crippen LogP contribution in [0.4, 0.5) is 11.4 Å². The van der Waals surface area contributed by atoms with Crippen molar-refractivity contribution in [1.82, 2.24) is 14.6 Å². The van der Waals surface area contributed by atoms with Gasteiger partial charge in [0.15, 0.2) is 0 Å². The van der Waals surface area contributed by atoms with Gasteiger partial charge in [0, 0.05) is 47.7 Å². The summed E-state index contributed by atoms with van der Waals surface area (Å²) in [5.41, 5.74) is 17.4. The highest BCUT2D eigenvalue weighted by atomic mass is 35.5. The molecule has 186 valence electrons. The Balaban J connectivity index is 1.59. The molecule has 0 unspecified atom stereocenters. The molecule has 3 aromatic heterocycles. The molecule has 3 heterocycles. The third-order valence-corrected chi connectivity index (χ3v) is 6.79. The molecule has 4 aromatic rings. The number of aromatic nitrogens is 3. The molecule has 0 amide bonds. The Kier molecular flexibility index (Phi) is 6.67. The van der Waals surface area contributed by atoms with E-state index in [1.54, 1.807) is 25.6 Å². The van der Waals surface area contributed by atoms with Crippen LogP contribution in [0.25, 0.3) is 16.6 Å². The summed E-state index contributed by atoms with van der Waals surface area (Å²) in [6, 6.07) is 10.9. The number of pyridine rings is 1. The molecule has 9 nitrogen and oxygen atoms in total. The third-order valence-electron chi connectivity index (χ3n) is 6.48. The first-order valence-electron chi connectivity index (χ1n) is 11.8. The first-order chi connectivity index (χ1) is 17.4. The Labute approximate surface area is 213 Å². The number of phenolic OH excluding ortho intramolecular Hbond substituents is 1. The van der Waals surface area contributed by atoms with Crippen LogP contribution in [0, 0.1) is 0 Å². The number of hydrogen-bond acceptors (Lipinski definition) is 7. The highest BCUT2D eigenvalue weighted by Crippen LogP contribution is 2.33. The number of hydrogen-bond donors (Lipinski definition) is 4. The molecule has 0 spiro atoms. The fraction of sp³-hybridized carbons (Fsp3) is 0.269. The molecule has 36 heavy (non-hydrogen) atoms. The average molecular weight is 506 g/mol. The zero-order valence-electron chi connectivity index (χ0n) is 19.9. The minimum absolute atomic E-state index is 0.0622. The minimum Gasteiger partial charge on any atom is -0.508 e. The zero-order valence-corrected chi connectivity index (χ0v) is 20.6. The quantitative estimate of drug-likeness (QED) is 0.224. The van der Waals surface area contributed by atoms with E-state index in [0.29, 0.717) is 22.2 Å². The van der Waals surface area contributed by atoms with E-state index in [4.69, 9.17) is 27.8 Å². The number of phenols is 1. The van der Waals surface area contributed by atoms with Crippen molar-refractivity contribution < 1.29 is 9.84 Å². The van der Waals surface area contributed by atoms with Crippen LogP contribution in [-0.4, -0.2) is 44.7 Å². The molecule has 0 bridgehead atoms. The van der Waals surface area contributed by atoms with Gasteiger partial charge < -0.3 is 26.6 Å². The number of aliphatic imine (C=N–C) groups is 1. The lowest BCUT2D eigenvalue weighted by Gasteiger charge is -2.28. The molecule has 1 aromatic carbocycles. The van der Waals surface area contributed by atoms with Crippen molar-refractivity contribution in [2.75, 3.05) is 12.4 Å². The Morgan fingerprint density at radius 3 is 2.64 bits per heavy atom. The summed E-state index contributed by atoms with van der Waals surface area (Å²) in [5, 5.41) is 18.3. The van der Waals surface area contributed by atoms with Crippen molar-refractivity contribution >= 4 is 34.3 Å². The predicted molar refractivity (Wildman–Crippen MR) is 142 cm³/mol. The van der Waals surface area contributed by atoms with Crippen LogP contribution in [-0.2, 0) is 0 Å². The van der Waals surface area contributed by atoms with Crippen LogP contribution in [0.5, 0.6) is 11.6 Å². The molecule has 0 atom stereocenters. The maximum atomic E-state index is 9.67. The number of ether oxygens (including phenoxy) is 1. The molecule has 5 rings (SSSR count). The molecular formula is C26H28ClN7O2. The van der Waals surface area contributed by atoms with Gasteiger partial charge in [0.25, 0.3) is 0 Å². The number of rotatable bonds is 6. The number of halogens is 1. The SMILES string of the molecule is COc1ccc(-c2cc3c(NC4CCC(N)CC4)c(C(N)=Nc4ccc(O)cc4Cl)cnn3c2)cn1. The number of nitrogens with one attached hydrogen (secondary N) is 1. The van der Waals surface area contributed by atoms with Crippen molar-refractivity contribution in [3.05, 3.63) is 65.6 Å². The molecule has 1 aliphatic rings. The topological polar surface area (TPSA) is 136 Å². The van der Waals surface area contributed by atoms with Gasteiger partial charge in [0.05, 0.1) is 40.8 Å². The second-order valence-electron chi connectivity index (χ2n) is 8.97. The van der Waals surface area contributed by atoms with Gasteiger partial charge in [0.2, 0.25) is 5.88 Å². The van der Waals surface area contributed by atoms with Crippen LogP contribution in [0.15, 0.2) is 60.0 Å². The predicted octanol–water partition coefficient (Wildman–Crippen LogP) is 4.48. The van der Waals surface area contributed by atoms with Gasteiger partial charge in [-0.05, 0) is 49.9 Å². The molecule has 0 radical (unpaired) electrons. The summed E-state index contributed by atoms with van der Waals surface area (Å²) in [7, 11) is 1.59. The first-order valence-corrected chi connectivity index (χ1v) is 12.2. The fourth-order valence-corrected chi connectivity index (χ4v) is 4.69. The Hall–Kier alpha value is -3.82. The van der Waals surface area contributed by atoms with Gasteiger partial charge in [-0.25, -0.2) is 14.5 Å². The first kappa shape index (κ1) is 23.9. The number of fused-ring (bicyclic) bond motifs is 1. The number of benzene rings is 1. The smallest absolute Gasteiger partial charge is 0.212 e. The van der Waals surface area contributed by atoms with Gasteiger partial charge in [-0.1, -0.05) is 11.6 Å². The molecule has 0 aliphatic heterocycles. The van der Waals surface area contributed by atoms with Gasteiger partial charge in [-0.15, -0.1) is 0 Å². The molecular weight excluding hydrogens is 478 g/mol. The largest absolute Gasteiger partial charge is 0.508 e. The summed E-state index contributed by atoms with van der Waals surface area (Å²) >= 11 is 6.27. The zero-order chi connectivity index (χ0) is 25.2. The Morgan fingerprint density at radius 2 is 1.94 bits per heavy atom. The van der Waals surface area contributed by atoms with Gasteiger partial charge in [0.1, 0.15) is 11.6 Å². The second kappa shape index (κ2) is 10.0. The van der Waals surface area contributed by atoms with Crippen LogP contribution in [0.1, 0.15) is 31.2 Å². The van der Waals surface area contributed by atoms with Gasteiger partial charge in [-0.3, -0.25) is 0 Å².